The van der Waals surface area contributed by atoms with Gasteiger partial charge in [0.1, 0.15) is 0 Å². The van der Waals surface area contributed by atoms with Gasteiger partial charge in [-0.25, -0.2) is 14.8 Å². The van der Waals surface area contributed by atoms with E-state index in [1.165, 1.54) is 12.3 Å². The maximum atomic E-state index is 10.8. The van der Waals surface area contributed by atoms with E-state index in [1.54, 1.807) is 18.5 Å². The molecule has 2 heterocycles. The number of rotatable bonds is 2. The molecular weight excluding hydrogens is 274 g/mol. The molecule has 0 fully saturated rings. The van der Waals surface area contributed by atoms with Gasteiger partial charge in [0.15, 0.2) is 11.5 Å². The molecule has 6 heteroatoms. The second kappa shape index (κ2) is 4.36. The Morgan fingerprint density at radius 1 is 1.31 bits per heavy atom. The van der Waals surface area contributed by atoms with Crippen molar-refractivity contribution in [2.45, 2.75) is 0 Å². The smallest absolute Gasteiger partial charge is 0.354 e. The van der Waals surface area contributed by atoms with Crippen LogP contribution in [0.3, 0.4) is 0 Å². The highest BCUT2D eigenvalue weighted by Crippen LogP contribution is 2.23. The molecule has 0 spiro atoms. The van der Waals surface area contributed by atoms with Crippen molar-refractivity contribution in [3.8, 4) is 11.4 Å². The number of aromatic carboxylic acids is 1. The van der Waals surface area contributed by atoms with Crippen molar-refractivity contribution < 1.29 is 9.90 Å². The Kier molecular flexibility index (Phi) is 2.91. The number of hydrogen-bond acceptors (Lipinski definition) is 4. The number of carbonyl (C=O) groups is 1. The van der Waals surface area contributed by atoms with Gasteiger partial charge in [0, 0.05) is 28.6 Å². The first-order valence-electron chi connectivity index (χ1n) is 4.34. The Balaban J connectivity index is 2.53. The Hall–Kier alpha value is -1.82. The van der Waals surface area contributed by atoms with Crippen LogP contribution in [0.15, 0.2) is 35.2 Å². The van der Waals surface area contributed by atoms with Gasteiger partial charge in [-0.2, -0.15) is 0 Å². The minimum Gasteiger partial charge on any atom is -0.477 e. The van der Waals surface area contributed by atoms with Gasteiger partial charge in [-0.15, -0.1) is 0 Å². The molecule has 80 valence electrons. The van der Waals surface area contributed by atoms with Crippen molar-refractivity contribution in [3.05, 3.63) is 40.9 Å². The lowest BCUT2D eigenvalue weighted by Gasteiger charge is -2.02. The van der Waals surface area contributed by atoms with E-state index in [2.05, 4.69) is 30.9 Å². The van der Waals surface area contributed by atoms with Gasteiger partial charge in [0.2, 0.25) is 0 Å². The first kappa shape index (κ1) is 10.7. The third-order valence-corrected chi connectivity index (χ3v) is 2.52. The largest absolute Gasteiger partial charge is 0.477 e. The van der Waals surface area contributed by atoms with Crippen LogP contribution >= 0.6 is 15.9 Å². The third-order valence-electron chi connectivity index (χ3n) is 1.89. The second-order valence-corrected chi connectivity index (χ2v) is 3.78. The molecule has 0 atom stereocenters. The summed E-state index contributed by atoms with van der Waals surface area (Å²) in [4.78, 5) is 22.6. The summed E-state index contributed by atoms with van der Waals surface area (Å²) in [5.74, 6) is -0.719. The van der Waals surface area contributed by atoms with E-state index in [0.717, 1.165) is 4.47 Å². The van der Waals surface area contributed by atoms with E-state index < -0.39 is 5.97 Å². The van der Waals surface area contributed by atoms with Crippen LogP contribution in [0.2, 0.25) is 0 Å². The highest BCUT2D eigenvalue weighted by Gasteiger charge is 2.09. The summed E-state index contributed by atoms with van der Waals surface area (Å²) in [6.45, 7) is 0. The minimum absolute atomic E-state index is 0.0336. The fourth-order valence-electron chi connectivity index (χ4n) is 1.16. The van der Waals surface area contributed by atoms with E-state index in [0.29, 0.717) is 11.4 Å². The molecule has 0 aliphatic carbocycles. The van der Waals surface area contributed by atoms with Crippen LogP contribution in [0.1, 0.15) is 10.5 Å². The topological polar surface area (TPSA) is 76.0 Å². The van der Waals surface area contributed by atoms with Gasteiger partial charge >= 0.3 is 5.97 Å². The average molecular weight is 280 g/mol. The summed E-state index contributed by atoms with van der Waals surface area (Å²) in [5.41, 5.74) is 0.673. The standard InChI is InChI=1S/C10H6BrN3O2/c11-7-5-12-3-1-6(7)9-13-4-2-8(14-9)10(15)16/h1-5H,(H,15,16). The van der Waals surface area contributed by atoms with Gasteiger partial charge in [0.05, 0.1) is 0 Å². The van der Waals surface area contributed by atoms with E-state index in [4.69, 9.17) is 5.11 Å². The summed E-state index contributed by atoms with van der Waals surface area (Å²) in [7, 11) is 0. The molecule has 2 aromatic heterocycles. The SMILES string of the molecule is O=C(O)c1ccnc(-c2ccncc2Br)n1. The maximum absolute atomic E-state index is 10.8. The van der Waals surface area contributed by atoms with Crippen LogP contribution in [0.4, 0.5) is 0 Å². The first-order valence-corrected chi connectivity index (χ1v) is 5.14. The van der Waals surface area contributed by atoms with Crippen molar-refractivity contribution >= 4 is 21.9 Å². The van der Waals surface area contributed by atoms with E-state index in [-0.39, 0.29) is 5.69 Å². The van der Waals surface area contributed by atoms with E-state index in [1.807, 2.05) is 0 Å². The molecule has 0 saturated heterocycles. The van der Waals surface area contributed by atoms with Crippen molar-refractivity contribution in [3.63, 3.8) is 0 Å². The Labute approximate surface area is 99.3 Å². The van der Waals surface area contributed by atoms with Gasteiger partial charge in [-0.3, -0.25) is 4.98 Å². The van der Waals surface area contributed by atoms with Gasteiger partial charge in [0.25, 0.3) is 0 Å². The van der Waals surface area contributed by atoms with Crippen LogP contribution < -0.4 is 0 Å². The molecule has 0 amide bonds. The predicted octanol–water partition coefficient (Wildman–Crippen LogP) is 2.00. The number of pyridine rings is 1. The number of aromatic nitrogens is 3. The van der Waals surface area contributed by atoms with Crippen molar-refractivity contribution in [2.75, 3.05) is 0 Å². The van der Waals surface area contributed by atoms with Crippen LogP contribution in [0.5, 0.6) is 0 Å². The summed E-state index contributed by atoms with van der Waals surface area (Å²) in [5, 5.41) is 8.81. The molecule has 0 saturated carbocycles. The molecule has 2 rings (SSSR count). The number of hydrogen-bond donors (Lipinski definition) is 1. The lowest BCUT2D eigenvalue weighted by molar-refractivity contribution is 0.0690. The van der Waals surface area contributed by atoms with Gasteiger partial charge in [-0.05, 0) is 28.1 Å². The number of carboxylic acids is 1. The molecule has 0 radical (unpaired) electrons. The van der Waals surface area contributed by atoms with E-state index in [9.17, 15) is 4.79 Å². The van der Waals surface area contributed by atoms with Crippen molar-refractivity contribution in [1.82, 2.24) is 15.0 Å². The molecule has 1 N–H and O–H groups in total. The lowest BCUT2D eigenvalue weighted by atomic mass is 10.2. The quantitative estimate of drug-likeness (QED) is 0.910. The fraction of sp³-hybridized carbons (Fsp3) is 0. The molecule has 16 heavy (non-hydrogen) atoms. The zero-order valence-electron chi connectivity index (χ0n) is 7.96. The molecule has 0 unspecified atom stereocenters. The van der Waals surface area contributed by atoms with Crippen LogP contribution in [-0.2, 0) is 0 Å². The zero-order valence-corrected chi connectivity index (χ0v) is 9.55. The third kappa shape index (κ3) is 2.06. The summed E-state index contributed by atoms with van der Waals surface area (Å²) in [6, 6.07) is 3.06. The Morgan fingerprint density at radius 3 is 2.81 bits per heavy atom. The molecule has 5 nitrogen and oxygen atoms in total. The predicted molar refractivity (Wildman–Crippen MR) is 59.9 cm³/mol. The van der Waals surface area contributed by atoms with Gasteiger partial charge in [-0.1, -0.05) is 0 Å². The summed E-state index contributed by atoms with van der Waals surface area (Å²) >= 11 is 3.30. The van der Waals surface area contributed by atoms with Crippen molar-refractivity contribution in [2.24, 2.45) is 0 Å². The Morgan fingerprint density at radius 2 is 2.12 bits per heavy atom. The number of halogens is 1. The molecule has 0 aliphatic rings. The van der Waals surface area contributed by atoms with Crippen LogP contribution in [0.25, 0.3) is 11.4 Å². The highest BCUT2D eigenvalue weighted by molar-refractivity contribution is 9.10. The van der Waals surface area contributed by atoms with Crippen molar-refractivity contribution in [1.29, 1.82) is 0 Å². The number of nitrogens with zero attached hydrogens (tertiary/aromatic N) is 3. The molecular formula is C10H6BrN3O2. The molecule has 0 aliphatic heterocycles. The molecule has 0 aromatic carbocycles. The first-order chi connectivity index (χ1) is 7.68. The normalized spacial score (nSPS) is 10.1. The zero-order chi connectivity index (χ0) is 11.5. The lowest BCUT2D eigenvalue weighted by Crippen LogP contribution is -2.02. The van der Waals surface area contributed by atoms with E-state index >= 15 is 0 Å². The monoisotopic (exact) mass is 279 g/mol. The van der Waals surface area contributed by atoms with Crippen LogP contribution in [0, 0.1) is 0 Å². The Bertz CT molecular complexity index is 545. The highest BCUT2D eigenvalue weighted by atomic mass is 79.9. The summed E-state index contributed by atoms with van der Waals surface area (Å²) in [6.07, 6.45) is 4.61. The number of carboxylic acid groups (broad SMARTS) is 1. The van der Waals surface area contributed by atoms with Crippen LogP contribution in [-0.4, -0.2) is 26.0 Å². The fourth-order valence-corrected chi connectivity index (χ4v) is 1.59. The molecule has 0 bridgehead atoms. The average Bonchev–Trinajstić information content (AvgIpc) is 2.30. The summed E-state index contributed by atoms with van der Waals surface area (Å²) < 4.78 is 0.720. The maximum Gasteiger partial charge on any atom is 0.354 e. The minimum atomic E-state index is -1.08. The van der Waals surface area contributed by atoms with Gasteiger partial charge < -0.3 is 5.11 Å². The molecule has 2 aromatic rings. The second-order valence-electron chi connectivity index (χ2n) is 2.93.